The second-order valence-electron chi connectivity index (χ2n) is 6.56. The van der Waals surface area contributed by atoms with Crippen LogP contribution in [0.2, 0.25) is 0 Å². The van der Waals surface area contributed by atoms with Crippen LogP contribution in [-0.2, 0) is 12.0 Å². The molecular weight excluding hydrogens is 226 g/mol. The maximum Gasteiger partial charge on any atom is 0.0771 e. The quantitative estimate of drug-likeness (QED) is 0.768. The van der Waals surface area contributed by atoms with E-state index in [1.54, 1.807) is 0 Å². The van der Waals surface area contributed by atoms with Crippen LogP contribution in [0.15, 0.2) is 6.20 Å². The number of aromatic nitrogens is 2. The molecule has 1 aliphatic carbocycles. The lowest BCUT2D eigenvalue weighted by Crippen LogP contribution is -2.37. The first kappa shape index (κ1) is 13.6. The Kier molecular flexibility index (Phi) is 3.78. The average molecular weight is 251 g/mol. The summed E-state index contributed by atoms with van der Waals surface area (Å²) in [5.41, 5.74) is 1.97. The molecule has 4 nitrogen and oxygen atoms in total. The Morgan fingerprint density at radius 2 is 2.06 bits per heavy atom. The second kappa shape index (κ2) is 5.02. The molecule has 4 heteroatoms. The van der Waals surface area contributed by atoms with Crippen LogP contribution in [-0.4, -0.2) is 27.4 Å². The Hall–Kier alpha value is -0.870. The van der Waals surface area contributed by atoms with Gasteiger partial charge >= 0.3 is 0 Å². The van der Waals surface area contributed by atoms with Crippen LogP contribution in [0, 0.1) is 0 Å². The lowest BCUT2D eigenvalue weighted by atomic mass is 9.89. The van der Waals surface area contributed by atoms with E-state index in [1.165, 1.54) is 11.3 Å². The third-order valence-electron chi connectivity index (χ3n) is 3.77. The Morgan fingerprint density at radius 3 is 2.67 bits per heavy atom. The van der Waals surface area contributed by atoms with Gasteiger partial charge in [0.25, 0.3) is 0 Å². The molecule has 1 fully saturated rings. The minimum Gasteiger partial charge on any atom is -0.389 e. The standard InChI is InChI=1S/C14H25N3O/c1-13(2,3)12-11(9-16-17-12)8-15-10-14(18)6-4-5-7-14/h9,15,18H,4-8,10H2,1-3H3,(H,16,17). The molecule has 1 heterocycles. The van der Waals surface area contributed by atoms with E-state index in [9.17, 15) is 5.11 Å². The number of hydrogen-bond donors (Lipinski definition) is 3. The molecule has 102 valence electrons. The van der Waals surface area contributed by atoms with E-state index in [0.717, 1.165) is 32.2 Å². The lowest BCUT2D eigenvalue weighted by Gasteiger charge is -2.23. The number of hydrogen-bond acceptors (Lipinski definition) is 3. The summed E-state index contributed by atoms with van der Waals surface area (Å²) in [5, 5.41) is 20.8. The van der Waals surface area contributed by atoms with E-state index in [0.29, 0.717) is 6.54 Å². The van der Waals surface area contributed by atoms with Gasteiger partial charge in [0.05, 0.1) is 11.8 Å². The molecule has 0 bridgehead atoms. The molecule has 1 saturated carbocycles. The van der Waals surface area contributed by atoms with Crippen LogP contribution in [0.1, 0.15) is 57.7 Å². The topological polar surface area (TPSA) is 60.9 Å². The first-order chi connectivity index (χ1) is 8.41. The summed E-state index contributed by atoms with van der Waals surface area (Å²) in [5.74, 6) is 0. The SMILES string of the molecule is CC(C)(C)c1[nH]ncc1CNCC1(O)CCCC1. The van der Waals surface area contributed by atoms with Crippen LogP contribution < -0.4 is 5.32 Å². The second-order valence-corrected chi connectivity index (χ2v) is 6.56. The normalized spacial score (nSPS) is 19.3. The Bertz CT molecular complexity index is 386. The van der Waals surface area contributed by atoms with Gasteiger partial charge in [0, 0.05) is 29.8 Å². The van der Waals surface area contributed by atoms with E-state index >= 15 is 0 Å². The predicted molar refractivity (Wildman–Crippen MR) is 72.4 cm³/mol. The number of rotatable bonds is 4. The number of nitrogens with zero attached hydrogens (tertiary/aromatic N) is 1. The van der Waals surface area contributed by atoms with Gasteiger partial charge in [-0.1, -0.05) is 33.6 Å². The van der Waals surface area contributed by atoms with Crippen molar-refractivity contribution in [2.45, 2.75) is 64.0 Å². The Morgan fingerprint density at radius 1 is 1.39 bits per heavy atom. The van der Waals surface area contributed by atoms with Gasteiger partial charge in [-0.05, 0) is 12.8 Å². The van der Waals surface area contributed by atoms with Crippen molar-refractivity contribution in [1.29, 1.82) is 0 Å². The summed E-state index contributed by atoms with van der Waals surface area (Å²) in [6, 6.07) is 0. The van der Waals surface area contributed by atoms with E-state index in [2.05, 4.69) is 36.3 Å². The van der Waals surface area contributed by atoms with Gasteiger partial charge in [0.15, 0.2) is 0 Å². The van der Waals surface area contributed by atoms with E-state index in [1.807, 2.05) is 6.20 Å². The number of H-pyrrole nitrogens is 1. The predicted octanol–water partition coefficient (Wildman–Crippen LogP) is 2.10. The molecule has 2 rings (SSSR count). The Labute approximate surface area is 109 Å². The first-order valence-corrected chi connectivity index (χ1v) is 6.87. The summed E-state index contributed by atoms with van der Waals surface area (Å²) in [6.45, 7) is 7.98. The first-order valence-electron chi connectivity index (χ1n) is 6.87. The minimum absolute atomic E-state index is 0.0811. The van der Waals surface area contributed by atoms with Crippen LogP contribution in [0.4, 0.5) is 0 Å². The molecule has 0 atom stereocenters. The zero-order chi connectivity index (χ0) is 13.2. The third-order valence-corrected chi connectivity index (χ3v) is 3.77. The van der Waals surface area contributed by atoms with Crippen LogP contribution >= 0.6 is 0 Å². The van der Waals surface area contributed by atoms with Gasteiger partial charge in [-0.15, -0.1) is 0 Å². The van der Waals surface area contributed by atoms with Crippen molar-refractivity contribution in [2.75, 3.05) is 6.54 Å². The highest BCUT2D eigenvalue weighted by Gasteiger charge is 2.30. The minimum atomic E-state index is -0.481. The maximum atomic E-state index is 10.3. The van der Waals surface area contributed by atoms with Crippen molar-refractivity contribution >= 4 is 0 Å². The molecular formula is C14H25N3O. The van der Waals surface area contributed by atoms with Crippen LogP contribution in [0.25, 0.3) is 0 Å². The molecule has 1 aliphatic rings. The van der Waals surface area contributed by atoms with Gasteiger partial charge < -0.3 is 10.4 Å². The van der Waals surface area contributed by atoms with Crippen molar-refractivity contribution in [3.63, 3.8) is 0 Å². The average Bonchev–Trinajstić information content (AvgIpc) is 2.86. The van der Waals surface area contributed by atoms with E-state index in [4.69, 9.17) is 0 Å². The van der Waals surface area contributed by atoms with Crippen molar-refractivity contribution < 1.29 is 5.11 Å². The molecule has 1 aromatic heterocycles. The third kappa shape index (κ3) is 3.12. The summed E-state index contributed by atoms with van der Waals surface area (Å²) in [4.78, 5) is 0. The number of aromatic amines is 1. The van der Waals surface area contributed by atoms with Crippen LogP contribution in [0.5, 0.6) is 0 Å². The van der Waals surface area contributed by atoms with E-state index < -0.39 is 5.60 Å². The highest BCUT2D eigenvalue weighted by Crippen LogP contribution is 2.29. The fourth-order valence-corrected chi connectivity index (χ4v) is 2.73. The largest absolute Gasteiger partial charge is 0.389 e. The molecule has 3 N–H and O–H groups in total. The van der Waals surface area contributed by atoms with Crippen molar-refractivity contribution in [2.24, 2.45) is 0 Å². The zero-order valence-electron chi connectivity index (χ0n) is 11.7. The van der Waals surface area contributed by atoms with Crippen molar-refractivity contribution in [3.8, 4) is 0 Å². The molecule has 0 unspecified atom stereocenters. The van der Waals surface area contributed by atoms with Gasteiger partial charge in [-0.2, -0.15) is 5.10 Å². The lowest BCUT2D eigenvalue weighted by molar-refractivity contribution is 0.0474. The van der Waals surface area contributed by atoms with Gasteiger partial charge in [-0.25, -0.2) is 0 Å². The molecule has 18 heavy (non-hydrogen) atoms. The van der Waals surface area contributed by atoms with Gasteiger partial charge in [0.2, 0.25) is 0 Å². The fourth-order valence-electron chi connectivity index (χ4n) is 2.73. The summed E-state index contributed by atoms with van der Waals surface area (Å²) >= 11 is 0. The van der Waals surface area contributed by atoms with Crippen LogP contribution in [0.3, 0.4) is 0 Å². The monoisotopic (exact) mass is 251 g/mol. The van der Waals surface area contributed by atoms with Gasteiger partial charge in [0.1, 0.15) is 0 Å². The van der Waals surface area contributed by atoms with E-state index in [-0.39, 0.29) is 5.41 Å². The zero-order valence-corrected chi connectivity index (χ0v) is 11.7. The summed E-state index contributed by atoms with van der Waals surface area (Å²) in [6.07, 6.45) is 6.04. The smallest absolute Gasteiger partial charge is 0.0771 e. The Balaban J connectivity index is 1.89. The number of aliphatic hydroxyl groups is 1. The highest BCUT2D eigenvalue weighted by atomic mass is 16.3. The highest BCUT2D eigenvalue weighted by molar-refractivity contribution is 5.23. The fraction of sp³-hybridized carbons (Fsp3) is 0.786. The summed E-state index contributed by atoms with van der Waals surface area (Å²) < 4.78 is 0. The van der Waals surface area contributed by atoms with Crippen molar-refractivity contribution in [3.05, 3.63) is 17.5 Å². The number of nitrogens with one attached hydrogen (secondary N) is 2. The molecule has 0 aliphatic heterocycles. The molecule has 0 spiro atoms. The molecule has 0 amide bonds. The molecule has 0 aromatic carbocycles. The molecule has 1 aromatic rings. The molecule has 0 radical (unpaired) electrons. The van der Waals surface area contributed by atoms with Gasteiger partial charge in [-0.3, -0.25) is 5.10 Å². The van der Waals surface area contributed by atoms with Crippen molar-refractivity contribution in [1.82, 2.24) is 15.5 Å². The maximum absolute atomic E-state index is 10.3. The summed E-state index contributed by atoms with van der Waals surface area (Å²) in [7, 11) is 0. The molecule has 0 saturated heterocycles.